The number of methoxy groups -OCH3 is 1. The van der Waals surface area contributed by atoms with E-state index in [0.29, 0.717) is 18.9 Å². The summed E-state index contributed by atoms with van der Waals surface area (Å²) in [6.45, 7) is 5.21. The maximum Gasteiger partial charge on any atom is 0.240 e. The van der Waals surface area contributed by atoms with Crippen molar-refractivity contribution in [3.05, 3.63) is 95.1 Å². The van der Waals surface area contributed by atoms with E-state index in [1.807, 2.05) is 90.4 Å². The number of aromatic nitrogens is 2. The summed E-state index contributed by atoms with van der Waals surface area (Å²) in [5.41, 5.74) is 6.56. The number of thioether (sulfide) groups is 1. The fourth-order valence-corrected chi connectivity index (χ4v) is 6.43. The molecule has 0 spiro atoms. The number of hydrogen-bond acceptors (Lipinski definition) is 6. The zero-order valence-electron chi connectivity index (χ0n) is 24.8. The quantitative estimate of drug-likeness (QED) is 0.298. The van der Waals surface area contributed by atoms with Gasteiger partial charge < -0.3 is 15.0 Å². The number of benzene rings is 3. The lowest BCUT2D eigenvalue weighted by Gasteiger charge is -2.24. The predicted molar refractivity (Wildman–Crippen MR) is 170 cm³/mol. The standard InChI is InChI=1S/C33H37N5O3S/c1-22-12-11-16-26(23(22)2)38-33-30(31(35-38)24-13-7-6-8-14-24)32(25-15-9-10-17-27(25)41-5)42-21-29(40)37(33)20-28(39)34-18-19-36(3)4/h6-17,32H,18-21H2,1-5H3,(H,34,39)/t32-/m1/s1. The fourth-order valence-electron chi connectivity index (χ4n) is 5.21. The van der Waals surface area contributed by atoms with Crippen molar-refractivity contribution < 1.29 is 14.3 Å². The van der Waals surface area contributed by atoms with Crippen LogP contribution in [0.1, 0.15) is 27.5 Å². The van der Waals surface area contributed by atoms with Crippen LogP contribution in [0.2, 0.25) is 0 Å². The molecule has 9 heteroatoms. The highest BCUT2D eigenvalue weighted by atomic mass is 32.2. The van der Waals surface area contributed by atoms with Crippen molar-refractivity contribution in [3.63, 3.8) is 0 Å². The minimum absolute atomic E-state index is 0.108. The number of aryl methyl sites for hydroxylation is 1. The molecule has 0 radical (unpaired) electrons. The van der Waals surface area contributed by atoms with Crippen molar-refractivity contribution in [2.75, 3.05) is 51.5 Å². The molecule has 1 atom stereocenters. The van der Waals surface area contributed by atoms with Crippen LogP contribution in [0.5, 0.6) is 5.75 Å². The number of nitrogens with zero attached hydrogens (tertiary/aromatic N) is 4. The van der Waals surface area contributed by atoms with E-state index in [2.05, 4.69) is 25.2 Å². The first kappa shape index (κ1) is 29.4. The van der Waals surface area contributed by atoms with Crippen LogP contribution in [0.4, 0.5) is 5.82 Å². The van der Waals surface area contributed by atoms with Crippen LogP contribution >= 0.6 is 11.8 Å². The molecule has 2 amide bonds. The van der Waals surface area contributed by atoms with Crippen LogP contribution < -0.4 is 15.0 Å². The number of carbonyl (C=O) groups is 2. The highest BCUT2D eigenvalue weighted by Crippen LogP contribution is 2.50. The van der Waals surface area contributed by atoms with Crippen molar-refractivity contribution >= 4 is 29.4 Å². The van der Waals surface area contributed by atoms with E-state index < -0.39 is 0 Å². The Kier molecular flexibility index (Phi) is 8.99. The third kappa shape index (κ3) is 5.93. The number of rotatable bonds is 9. The molecule has 1 aliphatic heterocycles. The lowest BCUT2D eigenvalue weighted by molar-refractivity contribution is -0.122. The predicted octanol–water partition coefficient (Wildman–Crippen LogP) is 5.01. The molecule has 0 saturated heterocycles. The van der Waals surface area contributed by atoms with Crippen LogP contribution in [-0.4, -0.2) is 73.1 Å². The van der Waals surface area contributed by atoms with Gasteiger partial charge in [0.05, 0.1) is 29.5 Å². The second kappa shape index (κ2) is 12.8. The van der Waals surface area contributed by atoms with E-state index >= 15 is 0 Å². The Morgan fingerprint density at radius 1 is 1.05 bits per heavy atom. The first-order valence-corrected chi connectivity index (χ1v) is 15.1. The molecule has 42 heavy (non-hydrogen) atoms. The van der Waals surface area contributed by atoms with Crippen LogP contribution in [-0.2, 0) is 9.59 Å². The summed E-state index contributed by atoms with van der Waals surface area (Å²) >= 11 is 1.53. The number of hydrogen-bond donors (Lipinski definition) is 1. The third-order valence-electron chi connectivity index (χ3n) is 7.54. The van der Waals surface area contributed by atoms with Crippen molar-refractivity contribution in [2.24, 2.45) is 0 Å². The molecule has 2 heterocycles. The molecule has 0 fully saturated rings. The number of para-hydroxylation sites is 1. The van der Waals surface area contributed by atoms with Gasteiger partial charge in [-0.05, 0) is 51.2 Å². The molecule has 218 valence electrons. The second-order valence-electron chi connectivity index (χ2n) is 10.6. The summed E-state index contributed by atoms with van der Waals surface area (Å²) in [6.07, 6.45) is 0. The molecular weight excluding hydrogens is 546 g/mol. The van der Waals surface area contributed by atoms with Gasteiger partial charge in [-0.2, -0.15) is 5.10 Å². The maximum atomic E-state index is 14.0. The van der Waals surface area contributed by atoms with Gasteiger partial charge in [-0.1, -0.05) is 60.7 Å². The Hall–Kier alpha value is -4.08. The molecular formula is C33H37N5O3S. The molecule has 0 bridgehead atoms. The Morgan fingerprint density at radius 3 is 2.52 bits per heavy atom. The van der Waals surface area contributed by atoms with Crippen molar-refractivity contribution in [3.8, 4) is 22.7 Å². The molecule has 5 rings (SSSR count). The fraction of sp³-hybridized carbons (Fsp3) is 0.303. The van der Waals surface area contributed by atoms with Gasteiger partial charge in [0.15, 0.2) is 0 Å². The van der Waals surface area contributed by atoms with Gasteiger partial charge >= 0.3 is 0 Å². The second-order valence-corrected chi connectivity index (χ2v) is 11.7. The zero-order chi connectivity index (χ0) is 29.8. The molecule has 1 aromatic heterocycles. The first-order valence-electron chi connectivity index (χ1n) is 14.0. The highest BCUT2D eigenvalue weighted by Gasteiger charge is 2.38. The smallest absolute Gasteiger partial charge is 0.240 e. The monoisotopic (exact) mass is 583 g/mol. The number of amides is 2. The molecule has 0 unspecified atom stereocenters. The molecule has 4 aromatic rings. The average molecular weight is 584 g/mol. The molecule has 1 aliphatic rings. The van der Waals surface area contributed by atoms with Gasteiger partial charge in [0.2, 0.25) is 11.8 Å². The summed E-state index contributed by atoms with van der Waals surface area (Å²) in [4.78, 5) is 30.9. The number of nitrogens with one attached hydrogen (secondary N) is 1. The topological polar surface area (TPSA) is 79.7 Å². The lowest BCUT2D eigenvalue weighted by Crippen LogP contribution is -2.43. The Labute approximate surface area is 251 Å². The van der Waals surface area contributed by atoms with E-state index in [9.17, 15) is 9.59 Å². The third-order valence-corrected chi connectivity index (χ3v) is 8.78. The van der Waals surface area contributed by atoms with Crippen molar-refractivity contribution in [1.29, 1.82) is 0 Å². The maximum absolute atomic E-state index is 14.0. The summed E-state index contributed by atoms with van der Waals surface area (Å²) in [5.74, 6) is 1.18. The average Bonchev–Trinajstić information content (AvgIpc) is 3.31. The largest absolute Gasteiger partial charge is 0.496 e. The van der Waals surface area contributed by atoms with Gasteiger partial charge in [-0.25, -0.2) is 4.68 Å². The number of ether oxygens (including phenoxy) is 1. The number of carbonyl (C=O) groups excluding carboxylic acids is 2. The van der Waals surface area contributed by atoms with Crippen molar-refractivity contribution in [1.82, 2.24) is 20.0 Å². The summed E-state index contributed by atoms with van der Waals surface area (Å²) in [6, 6.07) is 24.0. The molecule has 8 nitrogen and oxygen atoms in total. The van der Waals surface area contributed by atoms with E-state index in [0.717, 1.165) is 44.9 Å². The summed E-state index contributed by atoms with van der Waals surface area (Å²) in [7, 11) is 5.58. The number of fused-ring (bicyclic) bond motifs is 1. The van der Waals surface area contributed by atoms with E-state index in [4.69, 9.17) is 9.84 Å². The van der Waals surface area contributed by atoms with Gasteiger partial charge in [0.1, 0.15) is 18.1 Å². The normalized spacial score (nSPS) is 15.0. The minimum Gasteiger partial charge on any atom is -0.496 e. The van der Waals surface area contributed by atoms with E-state index in [-0.39, 0.29) is 29.4 Å². The van der Waals surface area contributed by atoms with E-state index in [1.165, 1.54) is 11.8 Å². The van der Waals surface area contributed by atoms with Gasteiger partial charge in [0.25, 0.3) is 0 Å². The SMILES string of the molecule is COc1ccccc1[C@H]1SCC(=O)N(CC(=O)NCCN(C)C)c2c1c(-c1ccccc1)nn2-c1cccc(C)c1C. The van der Waals surface area contributed by atoms with Gasteiger partial charge in [-0.3, -0.25) is 14.5 Å². The van der Waals surface area contributed by atoms with Crippen LogP contribution in [0, 0.1) is 13.8 Å². The molecule has 3 aromatic carbocycles. The Morgan fingerprint density at radius 2 is 1.79 bits per heavy atom. The van der Waals surface area contributed by atoms with Gasteiger partial charge in [-0.15, -0.1) is 11.8 Å². The summed E-state index contributed by atoms with van der Waals surface area (Å²) < 4.78 is 7.66. The number of likely N-dealkylation sites (N-methyl/N-ethyl adjacent to an activating group) is 1. The Bertz CT molecular complexity index is 1580. The lowest BCUT2D eigenvalue weighted by atomic mass is 9.98. The molecule has 1 N–H and O–H groups in total. The first-order chi connectivity index (χ1) is 20.3. The molecule has 0 saturated carbocycles. The Balaban J connectivity index is 1.77. The van der Waals surface area contributed by atoms with E-state index in [1.54, 1.807) is 12.0 Å². The zero-order valence-corrected chi connectivity index (χ0v) is 25.6. The van der Waals surface area contributed by atoms with Crippen LogP contribution in [0.25, 0.3) is 16.9 Å². The van der Waals surface area contributed by atoms with Crippen molar-refractivity contribution in [2.45, 2.75) is 19.1 Å². The van der Waals surface area contributed by atoms with Gasteiger partial charge in [0, 0.05) is 29.8 Å². The highest BCUT2D eigenvalue weighted by molar-refractivity contribution is 8.00. The summed E-state index contributed by atoms with van der Waals surface area (Å²) in [5, 5.41) is 7.93. The number of anilines is 1. The minimum atomic E-state index is -0.268. The molecule has 0 aliphatic carbocycles. The van der Waals surface area contributed by atoms with Crippen LogP contribution in [0.3, 0.4) is 0 Å². The van der Waals surface area contributed by atoms with Crippen LogP contribution in [0.15, 0.2) is 72.8 Å².